The Morgan fingerprint density at radius 3 is 2.10 bits per heavy atom. The van der Waals surface area contributed by atoms with E-state index in [1.165, 1.54) is 24.3 Å². The Hall–Kier alpha value is -3.13. The summed E-state index contributed by atoms with van der Waals surface area (Å²) >= 11 is 5.88. The van der Waals surface area contributed by atoms with E-state index in [1.54, 1.807) is 12.3 Å². The molecule has 0 saturated heterocycles. The van der Waals surface area contributed by atoms with Gasteiger partial charge in [-0.1, -0.05) is 24.3 Å². The van der Waals surface area contributed by atoms with E-state index >= 15 is 0 Å². The summed E-state index contributed by atoms with van der Waals surface area (Å²) in [7, 11) is 0. The highest BCUT2D eigenvalue weighted by Gasteiger charge is 2.30. The second-order valence-electron chi connectivity index (χ2n) is 6.68. The summed E-state index contributed by atoms with van der Waals surface area (Å²) < 4.78 is 40.5. The topological polar surface area (TPSA) is 55.3 Å². The number of carbonyl (C=O) groups excluding carboxylic acids is 1. The Morgan fingerprint density at radius 1 is 1.00 bits per heavy atom. The SMILES string of the molecule is CCN(c1ccc(CC(=O)Cc2ccc(OC(F)(F)F)cc2)cc1)c1ccnc(Cl)n1. The molecule has 31 heavy (non-hydrogen) atoms. The monoisotopic (exact) mass is 449 g/mol. The number of hydrogen-bond donors (Lipinski definition) is 0. The number of ketones is 1. The zero-order chi connectivity index (χ0) is 22.4. The number of alkyl halides is 3. The molecule has 9 heteroatoms. The lowest BCUT2D eigenvalue weighted by Gasteiger charge is -2.22. The van der Waals surface area contributed by atoms with Crippen LogP contribution in [0.25, 0.3) is 0 Å². The molecule has 0 unspecified atom stereocenters. The molecule has 0 amide bonds. The summed E-state index contributed by atoms with van der Waals surface area (Å²) in [6.07, 6.45) is -2.82. The Balaban J connectivity index is 1.61. The van der Waals surface area contributed by atoms with E-state index in [0.717, 1.165) is 11.3 Å². The van der Waals surface area contributed by atoms with Gasteiger partial charge in [-0.15, -0.1) is 13.2 Å². The van der Waals surface area contributed by atoms with Crippen LogP contribution < -0.4 is 9.64 Å². The zero-order valence-electron chi connectivity index (χ0n) is 16.6. The van der Waals surface area contributed by atoms with Gasteiger partial charge in [0.05, 0.1) is 0 Å². The van der Waals surface area contributed by atoms with Gasteiger partial charge in [0.25, 0.3) is 0 Å². The van der Waals surface area contributed by atoms with E-state index in [1.807, 2.05) is 36.1 Å². The van der Waals surface area contributed by atoms with Gasteiger partial charge in [-0.25, -0.2) is 9.97 Å². The van der Waals surface area contributed by atoms with Crippen molar-refractivity contribution in [2.75, 3.05) is 11.4 Å². The third-order valence-electron chi connectivity index (χ3n) is 4.41. The number of aromatic nitrogens is 2. The lowest BCUT2D eigenvalue weighted by Crippen LogP contribution is -2.17. The van der Waals surface area contributed by atoms with Crippen LogP contribution in [0.2, 0.25) is 5.28 Å². The van der Waals surface area contributed by atoms with E-state index < -0.39 is 6.36 Å². The maximum atomic E-state index is 12.4. The van der Waals surface area contributed by atoms with Crippen LogP contribution >= 0.6 is 11.6 Å². The standard InChI is InChI=1S/C22H19ClF3N3O2/c1-2-29(20-11-12-27-21(23)28-20)17-7-3-15(4-8-17)13-18(30)14-16-5-9-19(10-6-16)31-22(24,25)26/h3-12H,2,13-14H2,1H3. The van der Waals surface area contributed by atoms with Gasteiger partial charge in [-0.2, -0.15) is 0 Å². The van der Waals surface area contributed by atoms with Gasteiger partial charge in [0.1, 0.15) is 17.4 Å². The maximum absolute atomic E-state index is 12.4. The van der Waals surface area contributed by atoms with Crippen LogP contribution in [0.4, 0.5) is 24.7 Å². The van der Waals surface area contributed by atoms with Crippen LogP contribution in [0.5, 0.6) is 5.75 Å². The van der Waals surface area contributed by atoms with E-state index in [0.29, 0.717) is 17.9 Å². The number of halogens is 4. The molecule has 2 aromatic carbocycles. The van der Waals surface area contributed by atoms with Gasteiger partial charge < -0.3 is 9.64 Å². The van der Waals surface area contributed by atoms with E-state index in [-0.39, 0.29) is 29.7 Å². The van der Waals surface area contributed by atoms with Crippen LogP contribution in [0.3, 0.4) is 0 Å². The molecule has 1 heterocycles. The number of hydrogen-bond acceptors (Lipinski definition) is 5. The van der Waals surface area contributed by atoms with Gasteiger partial charge in [-0.05, 0) is 60.0 Å². The molecule has 0 atom stereocenters. The molecule has 0 bridgehead atoms. The van der Waals surface area contributed by atoms with Crippen molar-refractivity contribution in [3.8, 4) is 5.75 Å². The van der Waals surface area contributed by atoms with Crippen molar-refractivity contribution in [1.82, 2.24) is 9.97 Å². The molecule has 0 radical (unpaired) electrons. The highest BCUT2D eigenvalue weighted by atomic mass is 35.5. The predicted octanol–water partition coefficient (Wildman–Crippen LogP) is 5.54. The Morgan fingerprint density at radius 2 is 1.58 bits per heavy atom. The summed E-state index contributed by atoms with van der Waals surface area (Å²) in [5, 5.41) is 0.163. The average molecular weight is 450 g/mol. The zero-order valence-corrected chi connectivity index (χ0v) is 17.3. The van der Waals surface area contributed by atoms with Crippen LogP contribution in [0, 0.1) is 0 Å². The first-order chi connectivity index (χ1) is 14.7. The number of nitrogens with zero attached hydrogens (tertiary/aromatic N) is 3. The molecule has 0 aliphatic carbocycles. The van der Waals surface area contributed by atoms with Gasteiger partial charge in [0, 0.05) is 31.3 Å². The second-order valence-corrected chi connectivity index (χ2v) is 7.02. The first-order valence-electron chi connectivity index (χ1n) is 9.45. The summed E-state index contributed by atoms with van der Waals surface area (Å²) in [5.74, 6) is 0.307. The van der Waals surface area contributed by atoms with Gasteiger partial charge in [0.2, 0.25) is 5.28 Å². The fourth-order valence-corrected chi connectivity index (χ4v) is 3.22. The highest BCUT2D eigenvalue weighted by Crippen LogP contribution is 2.25. The summed E-state index contributed by atoms with van der Waals surface area (Å²) in [4.78, 5) is 22.4. The van der Waals surface area contributed by atoms with Gasteiger partial charge >= 0.3 is 6.36 Å². The Labute approximate surface area is 182 Å². The molecule has 0 aliphatic rings. The number of rotatable bonds is 8. The van der Waals surface area contributed by atoms with Crippen molar-refractivity contribution in [1.29, 1.82) is 0 Å². The molecule has 0 saturated carbocycles. The molecule has 1 aromatic heterocycles. The van der Waals surface area contributed by atoms with Crippen molar-refractivity contribution in [3.05, 3.63) is 77.2 Å². The number of carbonyl (C=O) groups is 1. The minimum atomic E-state index is -4.74. The molecule has 5 nitrogen and oxygen atoms in total. The number of ether oxygens (including phenoxy) is 1. The first-order valence-corrected chi connectivity index (χ1v) is 9.82. The van der Waals surface area contributed by atoms with Gasteiger partial charge in [-0.3, -0.25) is 4.79 Å². The van der Waals surface area contributed by atoms with Crippen LogP contribution in [0.1, 0.15) is 18.1 Å². The fraction of sp³-hybridized carbons (Fsp3) is 0.227. The van der Waals surface area contributed by atoms with Gasteiger partial charge in [0.15, 0.2) is 0 Å². The van der Waals surface area contributed by atoms with E-state index in [4.69, 9.17) is 11.6 Å². The lowest BCUT2D eigenvalue weighted by atomic mass is 10.0. The molecule has 0 aliphatic heterocycles. The molecular weight excluding hydrogens is 431 g/mol. The molecule has 3 rings (SSSR count). The van der Waals surface area contributed by atoms with E-state index in [9.17, 15) is 18.0 Å². The number of Topliss-reactive ketones (excluding diaryl/α,β-unsaturated/α-hetero) is 1. The Kier molecular flexibility index (Phi) is 7.12. The molecule has 0 spiro atoms. The van der Waals surface area contributed by atoms with Crippen LogP contribution in [-0.2, 0) is 17.6 Å². The largest absolute Gasteiger partial charge is 0.573 e. The second kappa shape index (κ2) is 9.78. The number of benzene rings is 2. The molecule has 0 N–H and O–H groups in total. The quantitative estimate of drug-likeness (QED) is 0.422. The molecule has 3 aromatic rings. The Bertz CT molecular complexity index is 1030. The first kappa shape index (κ1) is 22.6. The van der Waals surface area contributed by atoms with Crippen LogP contribution in [0.15, 0.2) is 60.8 Å². The minimum absolute atomic E-state index is 0.0489. The average Bonchev–Trinajstić information content (AvgIpc) is 2.70. The normalized spacial score (nSPS) is 11.3. The third-order valence-corrected chi connectivity index (χ3v) is 4.59. The third kappa shape index (κ3) is 6.68. The summed E-state index contributed by atoms with van der Waals surface area (Å²) in [6, 6.07) is 14.6. The minimum Gasteiger partial charge on any atom is -0.406 e. The molecular formula is C22H19ClF3N3O2. The predicted molar refractivity (Wildman–Crippen MR) is 112 cm³/mol. The molecule has 0 fully saturated rings. The van der Waals surface area contributed by atoms with Crippen molar-refractivity contribution in [2.24, 2.45) is 0 Å². The van der Waals surface area contributed by atoms with Crippen molar-refractivity contribution >= 4 is 28.9 Å². The molecule has 162 valence electrons. The lowest BCUT2D eigenvalue weighted by molar-refractivity contribution is -0.274. The summed E-state index contributed by atoms with van der Waals surface area (Å²) in [5.41, 5.74) is 2.35. The maximum Gasteiger partial charge on any atom is 0.573 e. The summed E-state index contributed by atoms with van der Waals surface area (Å²) in [6.45, 7) is 2.65. The van der Waals surface area contributed by atoms with Crippen molar-refractivity contribution in [2.45, 2.75) is 26.1 Å². The highest BCUT2D eigenvalue weighted by molar-refractivity contribution is 6.28. The van der Waals surface area contributed by atoms with Crippen LogP contribution in [-0.4, -0.2) is 28.7 Å². The van der Waals surface area contributed by atoms with E-state index in [2.05, 4.69) is 14.7 Å². The smallest absolute Gasteiger partial charge is 0.406 e. The fourth-order valence-electron chi connectivity index (χ4n) is 3.07. The van der Waals surface area contributed by atoms with Crippen molar-refractivity contribution in [3.63, 3.8) is 0 Å². The van der Waals surface area contributed by atoms with Crippen molar-refractivity contribution < 1.29 is 22.7 Å². The number of anilines is 2.